The van der Waals surface area contributed by atoms with Gasteiger partial charge in [-0.1, -0.05) is 44.0 Å². The molecule has 0 saturated heterocycles. The van der Waals surface area contributed by atoms with Gasteiger partial charge in [-0.05, 0) is 38.2 Å². The van der Waals surface area contributed by atoms with Crippen molar-refractivity contribution in [1.82, 2.24) is 10.2 Å². The standard InChI is InChI=1S/C15H26N2/c1-4-5-8-11-16-12-14-9-6-7-10-15(14)13-17(2)3/h6-7,9-10,16H,4-5,8,11-13H2,1-3H3. The fourth-order valence-electron chi connectivity index (χ4n) is 1.95. The van der Waals surface area contributed by atoms with Gasteiger partial charge in [-0.25, -0.2) is 0 Å². The van der Waals surface area contributed by atoms with Gasteiger partial charge in [0.1, 0.15) is 0 Å². The molecule has 2 nitrogen and oxygen atoms in total. The van der Waals surface area contributed by atoms with E-state index in [4.69, 9.17) is 0 Å². The van der Waals surface area contributed by atoms with Crippen LogP contribution in [-0.4, -0.2) is 25.5 Å². The summed E-state index contributed by atoms with van der Waals surface area (Å²) in [7, 11) is 4.23. The summed E-state index contributed by atoms with van der Waals surface area (Å²) in [4.78, 5) is 2.22. The summed E-state index contributed by atoms with van der Waals surface area (Å²) in [6, 6.07) is 8.70. The van der Waals surface area contributed by atoms with E-state index in [1.807, 2.05) is 0 Å². The Balaban J connectivity index is 2.40. The first-order chi connectivity index (χ1) is 8.24. The van der Waals surface area contributed by atoms with Crippen LogP contribution in [-0.2, 0) is 13.1 Å². The van der Waals surface area contributed by atoms with Crippen molar-refractivity contribution in [2.45, 2.75) is 39.3 Å². The lowest BCUT2D eigenvalue weighted by Crippen LogP contribution is -2.18. The Morgan fingerprint density at radius 2 is 1.76 bits per heavy atom. The van der Waals surface area contributed by atoms with Crippen molar-refractivity contribution in [3.05, 3.63) is 35.4 Å². The van der Waals surface area contributed by atoms with Crippen molar-refractivity contribution in [2.24, 2.45) is 0 Å². The molecule has 0 aliphatic carbocycles. The van der Waals surface area contributed by atoms with Crippen LogP contribution in [0, 0.1) is 0 Å². The van der Waals surface area contributed by atoms with Crippen LogP contribution in [0.3, 0.4) is 0 Å². The van der Waals surface area contributed by atoms with Crippen LogP contribution in [0.15, 0.2) is 24.3 Å². The van der Waals surface area contributed by atoms with Gasteiger partial charge >= 0.3 is 0 Å². The Labute approximate surface area is 106 Å². The van der Waals surface area contributed by atoms with E-state index in [-0.39, 0.29) is 0 Å². The summed E-state index contributed by atoms with van der Waals surface area (Å²) < 4.78 is 0. The summed E-state index contributed by atoms with van der Waals surface area (Å²) in [6.07, 6.45) is 3.90. The normalized spacial score (nSPS) is 11.1. The van der Waals surface area contributed by atoms with Gasteiger partial charge < -0.3 is 10.2 Å². The number of hydrogen-bond acceptors (Lipinski definition) is 2. The van der Waals surface area contributed by atoms with E-state index in [2.05, 4.69) is 55.5 Å². The molecule has 0 heterocycles. The number of nitrogens with zero attached hydrogens (tertiary/aromatic N) is 1. The summed E-state index contributed by atoms with van der Waals surface area (Å²) >= 11 is 0. The third-order valence-electron chi connectivity index (χ3n) is 2.88. The third-order valence-corrected chi connectivity index (χ3v) is 2.88. The predicted molar refractivity (Wildman–Crippen MR) is 75.1 cm³/mol. The van der Waals surface area contributed by atoms with E-state index in [1.165, 1.54) is 30.4 Å². The Bertz CT molecular complexity index is 308. The first-order valence-electron chi connectivity index (χ1n) is 6.66. The SMILES string of the molecule is CCCCCNCc1ccccc1CN(C)C. The van der Waals surface area contributed by atoms with E-state index in [1.54, 1.807) is 0 Å². The summed E-state index contributed by atoms with van der Waals surface area (Å²) in [5.74, 6) is 0. The van der Waals surface area contributed by atoms with Crippen LogP contribution in [0.5, 0.6) is 0 Å². The lowest BCUT2D eigenvalue weighted by molar-refractivity contribution is 0.400. The molecule has 0 radical (unpaired) electrons. The first kappa shape index (κ1) is 14.2. The van der Waals surface area contributed by atoms with Crippen LogP contribution >= 0.6 is 0 Å². The molecule has 0 aliphatic heterocycles. The van der Waals surface area contributed by atoms with Crippen molar-refractivity contribution < 1.29 is 0 Å². The van der Waals surface area contributed by atoms with Crippen molar-refractivity contribution in [3.8, 4) is 0 Å². The van der Waals surface area contributed by atoms with Crippen LogP contribution in [0.4, 0.5) is 0 Å². The number of benzene rings is 1. The molecule has 1 aromatic carbocycles. The summed E-state index contributed by atoms with van der Waals surface area (Å²) in [5, 5.41) is 3.53. The average Bonchev–Trinajstić information content (AvgIpc) is 2.30. The van der Waals surface area contributed by atoms with E-state index < -0.39 is 0 Å². The highest BCUT2D eigenvalue weighted by atomic mass is 15.0. The number of nitrogens with one attached hydrogen (secondary N) is 1. The molecule has 1 rings (SSSR count). The minimum Gasteiger partial charge on any atom is -0.313 e. The fraction of sp³-hybridized carbons (Fsp3) is 0.600. The van der Waals surface area contributed by atoms with Gasteiger partial charge in [0.15, 0.2) is 0 Å². The maximum Gasteiger partial charge on any atom is 0.0230 e. The number of hydrogen-bond donors (Lipinski definition) is 1. The number of rotatable bonds is 8. The second-order valence-electron chi connectivity index (χ2n) is 4.89. The van der Waals surface area contributed by atoms with Gasteiger partial charge in [-0.3, -0.25) is 0 Å². The molecule has 0 aromatic heterocycles. The lowest BCUT2D eigenvalue weighted by Gasteiger charge is -2.14. The van der Waals surface area contributed by atoms with E-state index in [0.29, 0.717) is 0 Å². The molecule has 1 N–H and O–H groups in total. The second-order valence-corrected chi connectivity index (χ2v) is 4.89. The molecular formula is C15H26N2. The van der Waals surface area contributed by atoms with Gasteiger partial charge in [0, 0.05) is 13.1 Å². The molecule has 0 amide bonds. The molecule has 0 fully saturated rings. The Kier molecular flexibility index (Phi) is 6.90. The van der Waals surface area contributed by atoms with Crippen molar-refractivity contribution in [2.75, 3.05) is 20.6 Å². The van der Waals surface area contributed by atoms with Gasteiger partial charge in [0.2, 0.25) is 0 Å². The Hall–Kier alpha value is -0.860. The maximum absolute atomic E-state index is 3.53. The van der Waals surface area contributed by atoms with Crippen LogP contribution in [0.2, 0.25) is 0 Å². The highest BCUT2D eigenvalue weighted by Crippen LogP contribution is 2.10. The van der Waals surface area contributed by atoms with Gasteiger partial charge in [-0.15, -0.1) is 0 Å². The first-order valence-corrected chi connectivity index (χ1v) is 6.66. The summed E-state index contributed by atoms with van der Waals surface area (Å²) in [6.45, 7) is 5.39. The molecule has 2 heteroatoms. The van der Waals surface area contributed by atoms with Crippen LogP contribution in [0.1, 0.15) is 37.3 Å². The van der Waals surface area contributed by atoms with E-state index in [9.17, 15) is 0 Å². The molecular weight excluding hydrogens is 208 g/mol. The topological polar surface area (TPSA) is 15.3 Å². The third kappa shape index (κ3) is 5.85. The molecule has 0 saturated carbocycles. The summed E-state index contributed by atoms with van der Waals surface area (Å²) in [5.41, 5.74) is 2.86. The zero-order chi connectivity index (χ0) is 12.5. The molecule has 17 heavy (non-hydrogen) atoms. The molecule has 96 valence electrons. The zero-order valence-corrected chi connectivity index (χ0v) is 11.5. The van der Waals surface area contributed by atoms with Crippen LogP contribution in [0.25, 0.3) is 0 Å². The quantitative estimate of drug-likeness (QED) is 0.696. The molecule has 1 aromatic rings. The van der Waals surface area contributed by atoms with E-state index in [0.717, 1.165) is 19.6 Å². The minimum absolute atomic E-state index is 0.994. The largest absolute Gasteiger partial charge is 0.313 e. The molecule has 0 unspecified atom stereocenters. The average molecular weight is 234 g/mol. The van der Waals surface area contributed by atoms with Gasteiger partial charge in [-0.2, -0.15) is 0 Å². The van der Waals surface area contributed by atoms with Gasteiger partial charge in [0.25, 0.3) is 0 Å². The number of unbranched alkanes of at least 4 members (excludes halogenated alkanes) is 2. The molecule has 0 atom stereocenters. The van der Waals surface area contributed by atoms with Crippen molar-refractivity contribution in [3.63, 3.8) is 0 Å². The zero-order valence-electron chi connectivity index (χ0n) is 11.5. The Morgan fingerprint density at radius 1 is 1.06 bits per heavy atom. The van der Waals surface area contributed by atoms with Crippen molar-refractivity contribution in [1.29, 1.82) is 0 Å². The van der Waals surface area contributed by atoms with Crippen molar-refractivity contribution >= 4 is 0 Å². The molecule has 0 bridgehead atoms. The van der Waals surface area contributed by atoms with Crippen LogP contribution < -0.4 is 5.32 Å². The van der Waals surface area contributed by atoms with Gasteiger partial charge in [0.05, 0.1) is 0 Å². The fourth-order valence-corrected chi connectivity index (χ4v) is 1.95. The minimum atomic E-state index is 0.994. The predicted octanol–water partition coefficient (Wildman–Crippen LogP) is 3.03. The maximum atomic E-state index is 3.53. The monoisotopic (exact) mass is 234 g/mol. The Morgan fingerprint density at radius 3 is 2.41 bits per heavy atom. The lowest BCUT2D eigenvalue weighted by atomic mass is 10.1. The molecule has 0 aliphatic rings. The highest BCUT2D eigenvalue weighted by molar-refractivity contribution is 5.26. The highest BCUT2D eigenvalue weighted by Gasteiger charge is 2.02. The second kappa shape index (κ2) is 8.26. The molecule has 0 spiro atoms. The smallest absolute Gasteiger partial charge is 0.0230 e. The van der Waals surface area contributed by atoms with E-state index >= 15 is 0 Å².